The molecule has 1 amide bonds. The molecule has 2 heterocycles. The summed E-state index contributed by atoms with van der Waals surface area (Å²) in [6.45, 7) is 0. The van der Waals surface area contributed by atoms with E-state index in [1.165, 1.54) is 0 Å². The molecule has 0 saturated heterocycles. The molecule has 3 aromatic rings. The van der Waals surface area contributed by atoms with Crippen LogP contribution in [0.1, 0.15) is 27.6 Å². The van der Waals surface area contributed by atoms with Crippen LogP contribution in [0.4, 0.5) is 5.69 Å². The maximum atomic E-state index is 13.5. The number of halogens is 1. The van der Waals surface area contributed by atoms with E-state index in [1.54, 1.807) is 29.2 Å². The van der Waals surface area contributed by atoms with Gasteiger partial charge in [-0.25, -0.2) is 0 Å². The van der Waals surface area contributed by atoms with Crippen molar-refractivity contribution in [2.45, 2.75) is 12.1 Å². The number of benzene rings is 3. The van der Waals surface area contributed by atoms with Gasteiger partial charge in [-0.1, -0.05) is 65.3 Å². The predicted octanol–water partition coefficient (Wildman–Crippen LogP) is 4.98. The number of fused-ring (bicyclic) bond motifs is 3. The Balaban J connectivity index is 1.64. The summed E-state index contributed by atoms with van der Waals surface area (Å²) < 4.78 is 0. The molecule has 0 aromatic heterocycles. The highest BCUT2D eigenvalue weighted by molar-refractivity contribution is 6.30. The topological polar surface area (TPSA) is 65.7 Å². The van der Waals surface area contributed by atoms with E-state index in [0.717, 1.165) is 11.1 Å². The van der Waals surface area contributed by atoms with Gasteiger partial charge in [-0.3, -0.25) is 9.69 Å². The molecule has 0 unspecified atom stereocenters. The molecule has 5 rings (SSSR count). The summed E-state index contributed by atoms with van der Waals surface area (Å²) in [4.78, 5) is 20.9. The van der Waals surface area contributed by atoms with Crippen molar-refractivity contribution < 1.29 is 9.63 Å². The van der Waals surface area contributed by atoms with Gasteiger partial charge in [0.25, 0.3) is 5.91 Å². The summed E-state index contributed by atoms with van der Waals surface area (Å²) in [5.41, 5.74) is 3.50. The van der Waals surface area contributed by atoms with E-state index in [9.17, 15) is 10.1 Å². The molecular formula is C24H16ClN3O2. The van der Waals surface area contributed by atoms with Crippen molar-refractivity contribution >= 4 is 28.9 Å². The predicted molar refractivity (Wildman–Crippen MR) is 114 cm³/mol. The van der Waals surface area contributed by atoms with E-state index in [4.69, 9.17) is 16.4 Å². The normalized spacial score (nSPS) is 21.7. The van der Waals surface area contributed by atoms with Gasteiger partial charge in [0, 0.05) is 16.1 Å². The van der Waals surface area contributed by atoms with Gasteiger partial charge in [-0.15, -0.1) is 0 Å². The number of nitriles is 1. The van der Waals surface area contributed by atoms with Gasteiger partial charge >= 0.3 is 0 Å². The standard InChI is InChI=1S/C24H16ClN3O2/c25-17-12-10-15(11-13-17)22-21-20(14-26)28(24(29)16-6-2-1-3-7-16)19-9-5-4-8-18(19)23(21)30-27-22/h1-13,20-21,23H/t20-,21+,23+/m1/s1. The Morgan fingerprint density at radius 3 is 2.43 bits per heavy atom. The summed E-state index contributed by atoms with van der Waals surface area (Å²) >= 11 is 6.03. The lowest BCUT2D eigenvalue weighted by Gasteiger charge is -2.39. The Morgan fingerprint density at radius 1 is 1.00 bits per heavy atom. The van der Waals surface area contributed by atoms with Crippen molar-refractivity contribution in [1.29, 1.82) is 5.26 Å². The third-order valence-electron chi connectivity index (χ3n) is 5.54. The monoisotopic (exact) mass is 413 g/mol. The Morgan fingerprint density at radius 2 is 1.70 bits per heavy atom. The summed E-state index contributed by atoms with van der Waals surface area (Å²) in [5.74, 6) is -0.644. The number of rotatable bonds is 2. The largest absolute Gasteiger partial charge is 0.386 e. The van der Waals surface area contributed by atoms with Crippen molar-refractivity contribution in [3.8, 4) is 6.07 Å². The Hall–Kier alpha value is -3.62. The fourth-order valence-electron chi connectivity index (χ4n) is 4.17. The van der Waals surface area contributed by atoms with Crippen LogP contribution in [0.25, 0.3) is 0 Å². The van der Waals surface area contributed by atoms with Crippen LogP contribution in [-0.2, 0) is 4.84 Å². The second kappa shape index (κ2) is 7.33. The minimum Gasteiger partial charge on any atom is -0.386 e. The fourth-order valence-corrected chi connectivity index (χ4v) is 4.29. The molecule has 0 radical (unpaired) electrons. The first-order chi connectivity index (χ1) is 14.7. The molecule has 0 saturated carbocycles. The SMILES string of the molecule is N#C[C@@H]1[C@H]2C(c3ccc(Cl)cc3)=NO[C@H]2c2ccccc2N1C(=O)c1ccccc1. The lowest BCUT2D eigenvalue weighted by atomic mass is 9.79. The van der Waals surface area contributed by atoms with Gasteiger partial charge in [0.2, 0.25) is 0 Å². The smallest absolute Gasteiger partial charge is 0.259 e. The molecule has 5 nitrogen and oxygen atoms in total. The number of nitrogens with zero attached hydrogens (tertiary/aromatic N) is 3. The summed E-state index contributed by atoms with van der Waals surface area (Å²) in [6, 6.07) is 25.3. The number of carbonyl (C=O) groups excluding carboxylic acids is 1. The molecule has 0 aliphatic carbocycles. The summed E-state index contributed by atoms with van der Waals surface area (Å²) in [6.07, 6.45) is -0.434. The van der Waals surface area contributed by atoms with Crippen molar-refractivity contribution in [1.82, 2.24) is 0 Å². The van der Waals surface area contributed by atoms with E-state index in [2.05, 4.69) is 11.2 Å². The van der Waals surface area contributed by atoms with Crippen molar-refractivity contribution in [2.75, 3.05) is 4.90 Å². The van der Waals surface area contributed by atoms with Crippen LogP contribution in [-0.4, -0.2) is 17.7 Å². The molecule has 0 spiro atoms. The lowest BCUT2D eigenvalue weighted by molar-refractivity contribution is 0.0533. The van der Waals surface area contributed by atoms with Crippen molar-refractivity contribution in [3.63, 3.8) is 0 Å². The number of carbonyl (C=O) groups is 1. The zero-order chi connectivity index (χ0) is 20.7. The Labute approximate surface area is 178 Å². The zero-order valence-corrected chi connectivity index (χ0v) is 16.5. The zero-order valence-electron chi connectivity index (χ0n) is 15.8. The second-order valence-corrected chi connectivity index (χ2v) is 7.65. The second-order valence-electron chi connectivity index (χ2n) is 7.21. The van der Waals surface area contributed by atoms with E-state index >= 15 is 0 Å². The minimum absolute atomic E-state index is 0.226. The van der Waals surface area contributed by atoms with Gasteiger partial charge in [0.05, 0.1) is 23.4 Å². The molecular weight excluding hydrogens is 398 g/mol. The van der Waals surface area contributed by atoms with Crippen molar-refractivity contribution in [2.24, 2.45) is 11.1 Å². The van der Waals surface area contributed by atoms with Crippen LogP contribution < -0.4 is 4.90 Å². The quantitative estimate of drug-likeness (QED) is 0.594. The highest BCUT2D eigenvalue weighted by Gasteiger charge is 2.51. The van der Waals surface area contributed by atoms with Gasteiger partial charge in [-0.05, 0) is 35.9 Å². The van der Waals surface area contributed by atoms with Gasteiger partial charge in [0.1, 0.15) is 6.04 Å². The number of oxime groups is 1. The average molecular weight is 414 g/mol. The Bertz CT molecular complexity index is 1190. The minimum atomic E-state index is -0.769. The molecule has 30 heavy (non-hydrogen) atoms. The number of para-hydroxylation sites is 1. The van der Waals surface area contributed by atoms with Gasteiger partial charge in [0.15, 0.2) is 6.10 Å². The van der Waals surface area contributed by atoms with Crippen LogP contribution in [0.2, 0.25) is 5.02 Å². The number of hydrogen-bond acceptors (Lipinski definition) is 4. The Kier molecular flexibility index (Phi) is 4.50. The van der Waals surface area contributed by atoms with Crippen LogP contribution in [0.5, 0.6) is 0 Å². The fraction of sp³-hybridized carbons (Fsp3) is 0.125. The molecule has 6 heteroatoms. The van der Waals surface area contributed by atoms with Crippen LogP contribution in [0, 0.1) is 17.2 Å². The van der Waals surface area contributed by atoms with Gasteiger partial charge < -0.3 is 4.84 Å². The molecule has 2 aliphatic heterocycles. The highest BCUT2D eigenvalue weighted by Crippen LogP contribution is 2.47. The van der Waals surface area contributed by atoms with Crippen LogP contribution in [0.3, 0.4) is 0 Å². The average Bonchev–Trinajstić information content (AvgIpc) is 3.24. The first kappa shape index (κ1) is 18.4. The van der Waals surface area contributed by atoms with Crippen LogP contribution in [0.15, 0.2) is 84.0 Å². The van der Waals surface area contributed by atoms with E-state index in [1.807, 2.05) is 54.6 Å². The first-order valence-corrected chi connectivity index (χ1v) is 9.93. The third kappa shape index (κ3) is 2.85. The van der Waals surface area contributed by atoms with Gasteiger partial charge in [-0.2, -0.15) is 5.26 Å². The summed E-state index contributed by atoms with van der Waals surface area (Å²) in [7, 11) is 0. The van der Waals surface area contributed by atoms with Crippen LogP contribution >= 0.6 is 11.6 Å². The lowest BCUT2D eigenvalue weighted by Crippen LogP contribution is -2.51. The molecule has 3 atom stereocenters. The molecule has 0 N–H and O–H groups in total. The number of amides is 1. The molecule has 2 aliphatic rings. The molecule has 0 fully saturated rings. The molecule has 146 valence electrons. The maximum absolute atomic E-state index is 13.5. The van der Waals surface area contributed by atoms with E-state index in [-0.39, 0.29) is 5.91 Å². The molecule has 3 aromatic carbocycles. The molecule has 0 bridgehead atoms. The van der Waals surface area contributed by atoms with E-state index < -0.39 is 18.1 Å². The number of anilines is 1. The first-order valence-electron chi connectivity index (χ1n) is 9.56. The highest BCUT2D eigenvalue weighted by atomic mass is 35.5. The number of hydrogen-bond donors (Lipinski definition) is 0. The maximum Gasteiger partial charge on any atom is 0.259 e. The third-order valence-corrected chi connectivity index (χ3v) is 5.79. The van der Waals surface area contributed by atoms with Crippen molar-refractivity contribution in [3.05, 3.63) is 101 Å². The summed E-state index contributed by atoms with van der Waals surface area (Å²) in [5, 5.41) is 15.1. The van der Waals surface area contributed by atoms with E-state index in [0.29, 0.717) is 22.0 Å².